The van der Waals surface area contributed by atoms with Crippen molar-refractivity contribution in [1.82, 2.24) is 19.9 Å². The summed E-state index contributed by atoms with van der Waals surface area (Å²) in [5.74, 6) is 1.28. The van der Waals surface area contributed by atoms with Crippen LogP contribution in [0.5, 0.6) is 5.88 Å². The van der Waals surface area contributed by atoms with Gasteiger partial charge in [-0.25, -0.2) is 9.97 Å². The molecule has 1 amide bonds. The van der Waals surface area contributed by atoms with E-state index >= 15 is 0 Å². The minimum absolute atomic E-state index is 0.0623. The molecule has 1 fully saturated rings. The molecule has 2 aromatic heterocycles. The van der Waals surface area contributed by atoms with Crippen molar-refractivity contribution in [1.29, 1.82) is 0 Å². The number of aromatic nitrogens is 3. The van der Waals surface area contributed by atoms with E-state index in [1.807, 2.05) is 4.90 Å². The van der Waals surface area contributed by atoms with Gasteiger partial charge in [-0.05, 0) is 31.4 Å². The Morgan fingerprint density at radius 1 is 1.20 bits per heavy atom. The van der Waals surface area contributed by atoms with Gasteiger partial charge in [-0.1, -0.05) is 6.92 Å². The van der Waals surface area contributed by atoms with E-state index in [1.165, 1.54) is 0 Å². The molecule has 0 bridgehead atoms. The number of hydrogen-bond acceptors (Lipinski definition) is 6. The predicted molar refractivity (Wildman–Crippen MR) is 94.6 cm³/mol. The molecule has 7 nitrogen and oxygen atoms in total. The molecule has 0 aromatic carbocycles. The Morgan fingerprint density at radius 2 is 1.92 bits per heavy atom. The van der Waals surface area contributed by atoms with Gasteiger partial charge in [-0.15, -0.1) is 0 Å². The lowest BCUT2D eigenvalue weighted by molar-refractivity contribution is 0.0718. The number of rotatable bonds is 6. The van der Waals surface area contributed by atoms with Crippen LogP contribution in [0.1, 0.15) is 36.5 Å². The summed E-state index contributed by atoms with van der Waals surface area (Å²) < 4.78 is 5.64. The molecule has 1 aliphatic rings. The standard InChI is InChI=1S/C18H23N5O2/c1-2-13-25-17-16(20-9-10-21-17)22-15-5-11-23(12-6-15)18(24)14-3-7-19-8-4-14/h3-4,7-10,15H,2,5-6,11-13H2,1H3,(H,20,22). The number of anilines is 1. The van der Waals surface area contributed by atoms with Crippen molar-refractivity contribution in [3.05, 3.63) is 42.5 Å². The number of carbonyl (C=O) groups excluding carboxylic acids is 1. The molecule has 3 rings (SSSR count). The monoisotopic (exact) mass is 341 g/mol. The van der Waals surface area contributed by atoms with Crippen LogP contribution in [-0.4, -0.2) is 51.5 Å². The number of nitrogens with zero attached hydrogens (tertiary/aromatic N) is 4. The minimum Gasteiger partial charge on any atom is -0.475 e. The maximum absolute atomic E-state index is 12.5. The Morgan fingerprint density at radius 3 is 2.64 bits per heavy atom. The molecule has 0 radical (unpaired) electrons. The highest BCUT2D eigenvalue weighted by Crippen LogP contribution is 2.22. The lowest BCUT2D eigenvalue weighted by atomic mass is 10.0. The van der Waals surface area contributed by atoms with Crippen LogP contribution in [0.3, 0.4) is 0 Å². The summed E-state index contributed by atoms with van der Waals surface area (Å²) in [6, 6.07) is 3.76. The zero-order valence-corrected chi connectivity index (χ0v) is 14.4. The van der Waals surface area contributed by atoms with Crippen LogP contribution in [0.15, 0.2) is 36.9 Å². The Labute approximate surface area is 147 Å². The van der Waals surface area contributed by atoms with Crippen LogP contribution < -0.4 is 10.1 Å². The summed E-state index contributed by atoms with van der Waals surface area (Å²) in [5, 5.41) is 3.41. The molecular weight excluding hydrogens is 318 g/mol. The Balaban J connectivity index is 1.56. The van der Waals surface area contributed by atoms with E-state index in [4.69, 9.17) is 4.74 Å². The molecule has 7 heteroatoms. The average molecular weight is 341 g/mol. The molecule has 25 heavy (non-hydrogen) atoms. The summed E-state index contributed by atoms with van der Waals surface area (Å²) in [5.41, 5.74) is 0.686. The van der Waals surface area contributed by atoms with Gasteiger partial charge >= 0.3 is 0 Å². The van der Waals surface area contributed by atoms with Gasteiger partial charge in [0, 0.05) is 49.5 Å². The van der Waals surface area contributed by atoms with E-state index in [-0.39, 0.29) is 11.9 Å². The topological polar surface area (TPSA) is 80.2 Å². The zero-order chi connectivity index (χ0) is 17.5. The van der Waals surface area contributed by atoms with Crippen molar-refractivity contribution in [3.63, 3.8) is 0 Å². The molecule has 2 aromatic rings. The number of piperidine rings is 1. The van der Waals surface area contributed by atoms with Gasteiger partial charge in [-0.3, -0.25) is 9.78 Å². The van der Waals surface area contributed by atoms with Gasteiger partial charge in [0.2, 0.25) is 0 Å². The summed E-state index contributed by atoms with van der Waals surface area (Å²) in [6.45, 7) is 4.10. The molecule has 0 unspecified atom stereocenters. The summed E-state index contributed by atoms with van der Waals surface area (Å²) in [4.78, 5) is 26.9. The maximum atomic E-state index is 12.5. The number of pyridine rings is 1. The summed E-state index contributed by atoms with van der Waals surface area (Å²) in [7, 11) is 0. The van der Waals surface area contributed by atoms with Crippen LogP contribution in [0.4, 0.5) is 5.82 Å². The van der Waals surface area contributed by atoms with Gasteiger partial charge in [0.1, 0.15) is 0 Å². The Bertz CT molecular complexity index is 687. The van der Waals surface area contributed by atoms with Gasteiger partial charge < -0.3 is 15.0 Å². The van der Waals surface area contributed by atoms with Gasteiger partial charge in [0.05, 0.1) is 6.61 Å². The third kappa shape index (κ3) is 4.43. The van der Waals surface area contributed by atoms with E-state index < -0.39 is 0 Å². The van der Waals surface area contributed by atoms with E-state index in [9.17, 15) is 4.79 Å². The number of hydrogen-bond donors (Lipinski definition) is 1. The first kappa shape index (κ1) is 17.1. The molecule has 0 aliphatic carbocycles. The minimum atomic E-state index is 0.0623. The first-order chi connectivity index (χ1) is 12.3. The van der Waals surface area contributed by atoms with Crippen LogP contribution in [0.2, 0.25) is 0 Å². The summed E-state index contributed by atoms with van der Waals surface area (Å²) >= 11 is 0. The van der Waals surface area contributed by atoms with Crippen molar-refractivity contribution >= 4 is 11.7 Å². The first-order valence-corrected chi connectivity index (χ1v) is 8.67. The van der Waals surface area contributed by atoms with Crippen LogP contribution in [0.25, 0.3) is 0 Å². The molecule has 132 valence electrons. The molecule has 1 saturated heterocycles. The second-order valence-electron chi connectivity index (χ2n) is 6.01. The fourth-order valence-electron chi connectivity index (χ4n) is 2.83. The maximum Gasteiger partial charge on any atom is 0.257 e. The van der Waals surface area contributed by atoms with Crippen LogP contribution in [0, 0.1) is 0 Å². The van der Waals surface area contributed by atoms with E-state index in [0.29, 0.717) is 37.0 Å². The van der Waals surface area contributed by atoms with Crippen LogP contribution in [-0.2, 0) is 0 Å². The van der Waals surface area contributed by atoms with Crippen molar-refractivity contribution in [3.8, 4) is 5.88 Å². The fraction of sp³-hybridized carbons (Fsp3) is 0.444. The van der Waals surface area contributed by atoms with Gasteiger partial charge in [0.25, 0.3) is 11.8 Å². The first-order valence-electron chi connectivity index (χ1n) is 8.67. The predicted octanol–water partition coefficient (Wildman–Crippen LogP) is 2.38. The summed E-state index contributed by atoms with van der Waals surface area (Å²) in [6.07, 6.45) is 9.23. The fourth-order valence-corrected chi connectivity index (χ4v) is 2.83. The van der Waals surface area contributed by atoms with Crippen molar-refractivity contribution in [2.24, 2.45) is 0 Å². The van der Waals surface area contributed by atoms with Gasteiger partial charge in [-0.2, -0.15) is 0 Å². The lowest BCUT2D eigenvalue weighted by Gasteiger charge is -2.32. The van der Waals surface area contributed by atoms with E-state index in [1.54, 1.807) is 36.9 Å². The normalized spacial score (nSPS) is 15.0. The number of ether oxygens (including phenoxy) is 1. The van der Waals surface area contributed by atoms with Crippen molar-refractivity contribution in [2.45, 2.75) is 32.2 Å². The number of amides is 1. The third-order valence-electron chi connectivity index (χ3n) is 4.16. The van der Waals surface area contributed by atoms with Gasteiger partial charge in [0.15, 0.2) is 5.82 Å². The highest BCUT2D eigenvalue weighted by molar-refractivity contribution is 5.94. The second-order valence-corrected chi connectivity index (χ2v) is 6.01. The van der Waals surface area contributed by atoms with Crippen molar-refractivity contribution in [2.75, 3.05) is 25.0 Å². The third-order valence-corrected chi connectivity index (χ3v) is 4.16. The zero-order valence-electron chi connectivity index (χ0n) is 14.4. The Kier molecular flexibility index (Phi) is 5.77. The molecule has 0 saturated carbocycles. The smallest absolute Gasteiger partial charge is 0.257 e. The number of likely N-dealkylation sites (tertiary alicyclic amines) is 1. The Hall–Kier alpha value is -2.70. The lowest BCUT2D eigenvalue weighted by Crippen LogP contribution is -2.42. The molecule has 0 spiro atoms. The molecule has 3 heterocycles. The number of nitrogens with one attached hydrogen (secondary N) is 1. The number of carbonyl (C=O) groups is 1. The van der Waals surface area contributed by atoms with E-state index in [0.717, 1.165) is 19.3 Å². The molecule has 1 N–H and O–H groups in total. The van der Waals surface area contributed by atoms with E-state index in [2.05, 4.69) is 27.2 Å². The highest BCUT2D eigenvalue weighted by Gasteiger charge is 2.24. The van der Waals surface area contributed by atoms with Crippen molar-refractivity contribution < 1.29 is 9.53 Å². The SMILES string of the molecule is CCCOc1nccnc1NC1CCN(C(=O)c2ccncc2)CC1. The molecule has 0 atom stereocenters. The quantitative estimate of drug-likeness (QED) is 0.869. The van der Waals surface area contributed by atoms with Crippen LogP contribution >= 0.6 is 0 Å². The molecular formula is C18H23N5O2. The largest absolute Gasteiger partial charge is 0.475 e. The highest BCUT2D eigenvalue weighted by atomic mass is 16.5. The second kappa shape index (κ2) is 8.41. The molecule has 1 aliphatic heterocycles. The average Bonchev–Trinajstić information content (AvgIpc) is 2.68.